The first kappa shape index (κ1) is 11.0. The minimum atomic E-state index is -0.767. The summed E-state index contributed by atoms with van der Waals surface area (Å²) in [5.41, 5.74) is 1.24. The topological polar surface area (TPSA) is 29.5 Å². The van der Waals surface area contributed by atoms with Gasteiger partial charge in [-0.05, 0) is 45.4 Å². The Kier molecular flexibility index (Phi) is 2.41. The summed E-state index contributed by atoms with van der Waals surface area (Å²) in [4.78, 5) is 13.9. The van der Waals surface area contributed by atoms with Gasteiger partial charge in [0, 0.05) is 6.54 Å². The van der Waals surface area contributed by atoms with Crippen molar-refractivity contribution in [3.8, 4) is 5.75 Å². The molecule has 0 spiro atoms. The molecule has 0 bridgehead atoms. The van der Waals surface area contributed by atoms with Gasteiger partial charge in [0.15, 0.2) is 5.60 Å². The molecule has 2 rings (SSSR count). The summed E-state index contributed by atoms with van der Waals surface area (Å²) in [6.45, 7) is 8.28. The number of fused-ring (bicyclic) bond motifs is 1. The van der Waals surface area contributed by atoms with Crippen molar-refractivity contribution in [2.24, 2.45) is 0 Å². The quantitative estimate of drug-likeness (QED) is 0.726. The SMILES string of the molecule is CCN1C(=O)C(C)(C)Oc2cc(C)ccc21. The zero-order valence-electron chi connectivity index (χ0n) is 10.2. The lowest BCUT2D eigenvalue weighted by molar-refractivity contribution is -0.132. The van der Waals surface area contributed by atoms with Crippen LogP contribution < -0.4 is 9.64 Å². The van der Waals surface area contributed by atoms with Crippen LogP contribution in [0.5, 0.6) is 5.75 Å². The molecule has 1 heterocycles. The molecule has 3 heteroatoms. The predicted molar refractivity (Wildman–Crippen MR) is 63.9 cm³/mol. The summed E-state index contributed by atoms with van der Waals surface area (Å²) in [5.74, 6) is 0.817. The summed E-state index contributed by atoms with van der Waals surface area (Å²) < 4.78 is 5.75. The van der Waals surface area contributed by atoms with E-state index in [1.54, 1.807) is 4.90 Å². The number of nitrogens with zero attached hydrogens (tertiary/aromatic N) is 1. The smallest absolute Gasteiger partial charge is 0.270 e. The third-order valence-electron chi connectivity index (χ3n) is 2.85. The van der Waals surface area contributed by atoms with Crippen molar-refractivity contribution in [3.05, 3.63) is 23.8 Å². The number of likely N-dealkylation sites (N-methyl/N-ethyl adjacent to an activating group) is 1. The van der Waals surface area contributed by atoms with Crippen LogP contribution in [-0.2, 0) is 4.79 Å². The lowest BCUT2D eigenvalue weighted by Crippen LogP contribution is -2.52. The molecule has 0 unspecified atom stereocenters. The fourth-order valence-corrected chi connectivity index (χ4v) is 1.99. The van der Waals surface area contributed by atoms with Crippen LogP contribution in [0.3, 0.4) is 0 Å². The van der Waals surface area contributed by atoms with E-state index in [1.807, 2.05) is 45.9 Å². The highest BCUT2D eigenvalue weighted by Crippen LogP contribution is 2.37. The van der Waals surface area contributed by atoms with Crippen LogP contribution in [0.2, 0.25) is 0 Å². The molecule has 0 radical (unpaired) electrons. The van der Waals surface area contributed by atoms with Gasteiger partial charge in [0.2, 0.25) is 0 Å². The zero-order chi connectivity index (χ0) is 11.9. The van der Waals surface area contributed by atoms with E-state index < -0.39 is 5.60 Å². The van der Waals surface area contributed by atoms with Gasteiger partial charge in [0.05, 0.1) is 5.69 Å². The maximum Gasteiger partial charge on any atom is 0.270 e. The molecule has 16 heavy (non-hydrogen) atoms. The van der Waals surface area contributed by atoms with Gasteiger partial charge in [-0.1, -0.05) is 6.07 Å². The molecule has 0 saturated carbocycles. The van der Waals surface area contributed by atoms with Gasteiger partial charge in [0.25, 0.3) is 5.91 Å². The monoisotopic (exact) mass is 219 g/mol. The van der Waals surface area contributed by atoms with E-state index in [2.05, 4.69) is 0 Å². The van der Waals surface area contributed by atoms with Crippen LogP contribution in [-0.4, -0.2) is 18.1 Å². The molecule has 0 saturated heterocycles. The lowest BCUT2D eigenvalue weighted by atomic mass is 10.0. The molecular weight excluding hydrogens is 202 g/mol. The number of benzene rings is 1. The average molecular weight is 219 g/mol. The third kappa shape index (κ3) is 1.56. The molecule has 0 fully saturated rings. The van der Waals surface area contributed by atoms with Gasteiger partial charge in [-0.25, -0.2) is 0 Å². The first-order valence-corrected chi connectivity index (χ1v) is 5.57. The van der Waals surface area contributed by atoms with Gasteiger partial charge >= 0.3 is 0 Å². The molecule has 1 aliphatic rings. The van der Waals surface area contributed by atoms with Crippen molar-refractivity contribution in [1.82, 2.24) is 0 Å². The van der Waals surface area contributed by atoms with Gasteiger partial charge in [-0.2, -0.15) is 0 Å². The third-order valence-corrected chi connectivity index (χ3v) is 2.85. The van der Waals surface area contributed by atoms with Crippen molar-refractivity contribution in [1.29, 1.82) is 0 Å². The van der Waals surface area contributed by atoms with Gasteiger partial charge in [-0.15, -0.1) is 0 Å². The van der Waals surface area contributed by atoms with E-state index in [0.717, 1.165) is 17.0 Å². The minimum absolute atomic E-state index is 0.0198. The molecule has 1 aliphatic heterocycles. The first-order valence-electron chi connectivity index (χ1n) is 5.57. The molecule has 86 valence electrons. The summed E-state index contributed by atoms with van der Waals surface area (Å²) in [7, 11) is 0. The Hall–Kier alpha value is -1.51. The molecule has 1 amide bonds. The zero-order valence-corrected chi connectivity index (χ0v) is 10.2. The summed E-state index contributed by atoms with van der Waals surface area (Å²) in [6.07, 6.45) is 0. The minimum Gasteiger partial charge on any atom is -0.476 e. The van der Waals surface area contributed by atoms with Gasteiger partial charge < -0.3 is 9.64 Å². The first-order chi connectivity index (χ1) is 7.45. The van der Waals surface area contributed by atoms with E-state index in [9.17, 15) is 4.79 Å². The van der Waals surface area contributed by atoms with Crippen LogP contribution >= 0.6 is 0 Å². The van der Waals surface area contributed by atoms with Crippen LogP contribution in [0, 0.1) is 6.92 Å². The van der Waals surface area contributed by atoms with E-state index in [-0.39, 0.29) is 5.91 Å². The maximum absolute atomic E-state index is 12.1. The van der Waals surface area contributed by atoms with E-state index in [4.69, 9.17) is 4.74 Å². The number of carbonyl (C=O) groups excluding carboxylic acids is 1. The Morgan fingerprint density at radius 1 is 1.38 bits per heavy atom. The Bertz CT molecular complexity index is 438. The number of anilines is 1. The molecule has 0 aliphatic carbocycles. The summed E-state index contributed by atoms with van der Waals surface area (Å²) in [5, 5.41) is 0. The number of carbonyl (C=O) groups is 1. The Labute approximate surface area is 96.0 Å². The fourth-order valence-electron chi connectivity index (χ4n) is 1.99. The Morgan fingerprint density at radius 2 is 2.06 bits per heavy atom. The molecule has 3 nitrogen and oxygen atoms in total. The van der Waals surface area contributed by atoms with E-state index in [1.165, 1.54) is 0 Å². The van der Waals surface area contributed by atoms with Gasteiger partial charge in [0.1, 0.15) is 5.75 Å². The van der Waals surface area contributed by atoms with Crippen LogP contribution in [0.15, 0.2) is 18.2 Å². The lowest BCUT2D eigenvalue weighted by Gasteiger charge is -2.38. The molecule has 0 N–H and O–H groups in total. The van der Waals surface area contributed by atoms with Gasteiger partial charge in [-0.3, -0.25) is 4.79 Å². The maximum atomic E-state index is 12.1. The van der Waals surface area contributed by atoms with Crippen LogP contribution in [0.1, 0.15) is 26.3 Å². The molecule has 0 aromatic heterocycles. The molecule has 1 aromatic carbocycles. The highest BCUT2D eigenvalue weighted by Gasteiger charge is 2.40. The Balaban J connectivity index is 2.55. The summed E-state index contributed by atoms with van der Waals surface area (Å²) >= 11 is 0. The largest absolute Gasteiger partial charge is 0.476 e. The fraction of sp³-hybridized carbons (Fsp3) is 0.462. The van der Waals surface area contributed by atoms with Crippen LogP contribution in [0.25, 0.3) is 0 Å². The number of aryl methyl sites for hydroxylation is 1. The second kappa shape index (κ2) is 3.51. The molecule has 1 aromatic rings. The number of hydrogen-bond acceptors (Lipinski definition) is 2. The van der Waals surface area contributed by atoms with Crippen molar-refractivity contribution in [2.45, 2.75) is 33.3 Å². The molecule has 0 atom stereocenters. The molecular formula is C13H17NO2. The van der Waals surface area contributed by atoms with E-state index >= 15 is 0 Å². The number of hydrogen-bond donors (Lipinski definition) is 0. The highest BCUT2D eigenvalue weighted by molar-refractivity contribution is 6.02. The predicted octanol–water partition coefficient (Wildman–Crippen LogP) is 2.52. The Morgan fingerprint density at radius 3 is 2.69 bits per heavy atom. The second-order valence-corrected chi connectivity index (χ2v) is 4.63. The van der Waals surface area contributed by atoms with E-state index in [0.29, 0.717) is 6.54 Å². The standard InChI is InChI=1S/C13H17NO2/c1-5-14-10-7-6-9(2)8-11(10)16-13(3,4)12(14)15/h6-8H,5H2,1-4H3. The van der Waals surface area contributed by atoms with Crippen molar-refractivity contribution in [3.63, 3.8) is 0 Å². The van der Waals surface area contributed by atoms with Crippen molar-refractivity contribution < 1.29 is 9.53 Å². The summed E-state index contributed by atoms with van der Waals surface area (Å²) in [6, 6.07) is 5.92. The highest BCUT2D eigenvalue weighted by atomic mass is 16.5. The van der Waals surface area contributed by atoms with Crippen molar-refractivity contribution in [2.75, 3.05) is 11.4 Å². The number of rotatable bonds is 1. The normalized spacial score (nSPS) is 18.0. The average Bonchev–Trinajstić information content (AvgIpc) is 2.20. The van der Waals surface area contributed by atoms with Crippen LogP contribution in [0.4, 0.5) is 5.69 Å². The number of ether oxygens (including phenoxy) is 1. The number of amides is 1. The second-order valence-electron chi connectivity index (χ2n) is 4.63. The van der Waals surface area contributed by atoms with Crippen molar-refractivity contribution >= 4 is 11.6 Å².